The molecule has 0 saturated carbocycles. The Morgan fingerprint density at radius 1 is 1.03 bits per heavy atom. The molecule has 1 aromatic carbocycles. The topological polar surface area (TPSA) is 85.5 Å². The Morgan fingerprint density at radius 2 is 1.71 bits per heavy atom. The lowest BCUT2D eigenvalue weighted by Crippen LogP contribution is -2.49. The standard InChI is InChI=1S/C22H28N6O3/c1-3-11-27-17-6-4-5-7-18(17)28(22(27)30)12-9-20(29)25-13-15-26(16-14-25)21-23-10-8-19(24-21)31-2/h4-8,10H,3,9,11-16H2,1-2H3. The van der Waals surface area contributed by atoms with Gasteiger partial charge < -0.3 is 14.5 Å². The smallest absolute Gasteiger partial charge is 0.329 e. The number of hydrogen-bond donors (Lipinski definition) is 0. The van der Waals surface area contributed by atoms with Crippen LogP contribution in [0.5, 0.6) is 5.88 Å². The number of carbonyl (C=O) groups is 1. The van der Waals surface area contributed by atoms with Crippen LogP contribution in [0.15, 0.2) is 41.3 Å². The number of aryl methyl sites for hydroxylation is 2. The minimum absolute atomic E-state index is 0.0455. The molecule has 1 fully saturated rings. The van der Waals surface area contributed by atoms with Crippen LogP contribution in [0.3, 0.4) is 0 Å². The third-order valence-corrected chi connectivity index (χ3v) is 5.66. The molecule has 9 heteroatoms. The van der Waals surface area contributed by atoms with Crippen molar-refractivity contribution in [3.63, 3.8) is 0 Å². The van der Waals surface area contributed by atoms with Gasteiger partial charge in [0.05, 0.1) is 18.1 Å². The molecule has 0 radical (unpaired) electrons. The van der Waals surface area contributed by atoms with E-state index in [0.29, 0.717) is 57.5 Å². The summed E-state index contributed by atoms with van der Waals surface area (Å²) >= 11 is 0. The lowest BCUT2D eigenvalue weighted by atomic mass is 10.2. The second kappa shape index (κ2) is 9.20. The van der Waals surface area contributed by atoms with Crippen molar-refractivity contribution in [3.8, 4) is 5.88 Å². The molecule has 1 saturated heterocycles. The lowest BCUT2D eigenvalue weighted by Gasteiger charge is -2.34. The first-order valence-electron chi connectivity index (χ1n) is 10.7. The van der Waals surface area contributed by atoms with Gasteiger partial charge in [-0.2, -0.15) is 4.98 Å². The van der Waals surface area contributed by atoms with Gasteiger partial charge >= 0.3 is 5.69 Å². The number of para-hydroxylation sites is 2. The monoisotopic (exact) mass is 424 g/mol. The number of amides is 1. The van der Waals surface area contributed by atoms with E-state index in [1.54, 1.807) is 28.5 Å². The van der Waals surface area contributed by atoms with E-state index < -0.39 is 0 Å². The van der Waals surface area contributed by atoms with E-state index in [1.807, 2.05) is 29.2 Å². The van der Waals surface area contributed by atoms with Gasteiger partial charge in [0, 0.05) is 58.0 Å². The molecule has 0 aliphatic carbocycles. The van der Waals surface area contributed by atoms with Crippen LogP contribution in [0.4, 0.5) is 5.95 Å². The minimum atomic E-state index is -0.0455. The average Bonchev–Trinajstić information content (AvgIpc) is 3.08. The number of piperazine rings is 1. The number of methoxy groups -OCH3 is 1. The van der Waals surface area contributed by atoms with Gasteiger partial charge in [-0.05, 0) is 18.6 Å². The predicted molar refractivity (Wildman–Crippen MR) is 118 cm³/mol. The Labute approximate surface area is 180 Å². The molecule has 1 aliphatic rings. The Balaban J connectivity index is 1.39. The summed E-state index contributed by atoms with van der Waals surface area (Å²) < 4.78 is 8.69. The van der Waals surface area contributed by atoms with Gasteiger partial charge in [0.25, 0.3) is 0 Å². The maximum absolute atomic E-state index is 12.9. The Hall–Kier alpha value is -3.36. The molecule has 0 N–H and O–H groups in total. The fraction of sp³-hybridized carbons (Fsp3) is 0.455. The van der Waals surface area contributed by atoms with E-state index in [-0.39, 0.29) is 11.6 Å². The van der Waals surface area contributed by atoms with Crippen molar-refractivity contribution in [2.24, 2.45) is 0 Å². The molecular weight excluding hydrogens is 396 g/mol. The van der Waals surface area contributed by atoms with Crippen molar-refractivity contribution in [2.45, 2.75) is 32.9 Å². The summed E-state index contributed by atoms with van der Waals surface area (Å²) in [4.78, 5) is 38.3. The van der Waals surface area contributed by atoms with Crippen molar-refractivity contribution in [3.05, 3.63) is 47.0 Å². The molecule has 1 amide bonds. The van der Waals surface area contributed by atoms with Gasteiger partial charge in [-0.1, -0.05) is 19.1 Å². The van der Waals surface area contributed by atoms with Crippen LogP contribution in [-0.2, 0) is 17.9 Å². The number of rotatable bonds is 7. The molecule has 3 aromatic rings. The molecule has 0 unspecified atom stereocenters. The fourth-order valence-corrected chi connectivity index (χ4v) is 4.05. The summed E-state index contributed by atoms with van der Waals surface area (Å²) in [6, 6.07) is 9.48. The van der Waals surface area contributed by atoms with Gasteiger partial charge in [0.2, 0.25) is 17.7 Å². The average molecular weight is 425 g/mol. The highest BCUT2D eigenvalue weighted by atomic mass is 16.5. The number of hydrogen-bond acceptors (Lipinski definition) is 6. The number of benzene rings is 1. The van der Waals surface area contributed by atoms with Gasteiger partial charge in [-0.3, -0.25) is 13.9 Å². The van der Waals surface area contributed by atoms with Gasteiger partial charge in [-0.15, -0.1) is 0 Å². The molecule has 0 spiro atoms. The Kier molecular flexibility index (Phi) is 6.20. The first kappa shape index (κ1) is 20.9. The predicted octanol–water partition coefficient (Wildman–Crippen LogP) is 1.75. The van der Waals surface area contributed by atoms with Gasteiger partial charge in [0.15, 0.2) is 0 Å². The maximum Gasteiger partial charge on any atom is 0.329 e. The second-order valence-corrected chi connectivity index (χ2v) is 7.59. The van der Waals surface area contributed by atoms with Crippen LogP contribution < -0.4 is 15.3 Å². The van der Waals surface area contributed by atoms with E-state index >= 15 is 0 Å². The summed E-state index contributed by atoms with van der Waals surface area (Å²) in [5.41, 5.74) is 1.76. The molecular formula is C22H28N6O3. The van der Waals surface area contributed by atoms with Crippen LogP contribution in [0.1, 0.15) is 19.8 Å². The lowest BCUT2D eigenvalue weighted by molar-refractivity contribution is -0.131. The number of imidazole rings is 1. The summed E-state index contributed by atoms with van der Waals surface area (Å²) in [7, 11) is 1.58. The highest BCUT2D eigenvalue weighted by molar-refractivity contribution is 5.78. The molecule has 0 atom stereocenters. The molecule has 0 bridgehead atoms. The van der Waals surface area contributed by atoms with Crippen molar-refractivity contribution in [1.82, 2.24) is 24.0 Å². The summed E-state index contributed by atoms with van der Waals surface area (Å²) in [5, 5.41) is 0. The van der Waals surface area contributed by atoms with Crippen molar-refractivity contribution >= 4 is 22.9 Å². The van der Waals surface area contributed by atoms with E-state index in [2.05, 4.69) is 21.8 Å². The molecule has 2 aromatic heterocycles. The van der Waals surface area contributed by atoms with Crippen LogP contribution in [0.25, 0.3) is 11.0 Å². The fourth-order valence-electron chi connectivity index (χ4n) is 4.05. The largest absolute Gasteiger partial charge is 0.481 e. The maximum atomic E-state index is 12.9. The highest BCUT2D eigenvalue weighted by Gasteiger charge is 2.23. The summed E-state index contributed by atoms with van der Waals surface area (Å²) in [6.07, 6.45) is 2.86. The van der Waals surface area contributed by atoms with E-state index in [9.17, 15) is 9.59 Å². The number of aromatic nitrogens is 4. The Morgan fingerprint density at radius 3 is 2.35 bits per heavy atom. The number of carbonyl (C=O) groups excluding carboxylic acids is 1. The molecule has 9 nitrogen and oxygen atoms in total. The third kappa shape index (κ3) is 4.26. The normalized spacial score (nSPS) is 14.3. The Bertz CT molecular complexity index is 1110. The van der Waals surface area contributed by atoms with E-state index in [0.717, 1.165) is 17.5 Å². The van der Waals surface area contributed by atoms with Crippen LogP contribution >= 0.6 is 0 Å². The zero-order valence-electron chi connectivity index (χ0n) is 18.0. The van der Waals surface area contributed by atoms with E-state index in [4.69, 9.17) is 4.74 Å². The molecule has 3 heterocycles. The SMILES string of the molecule is CCCn1c(=O)n(CCC(=O)N2CCN(c3nccc(OC)n3)CC2)c2ccccc21. The van der Waals surface area contributed by atoms with Crippen LogP contribution in [-0.4, -0.2) is 63.2 Å². The number of nitrogens with zero attached hydrogens (tertiary/aromatic N) is 6. The van der Waals surface area contributed by atoms with Gasteiger partial charge in [-0.25, -0.2) is 9.78 Å². The summed E-state index contributed by atoms with van der Waals surface area (Å²) in [6.45, 7) is 5.64. The molecule has 1 aliphatic heterocycles. The van der Waals surface area contributed by atoms with Crippen molar-refractivity contribution in [2.75, 3.05) is 38.2 Å². The summed E-state index contributed by atoms with van der Waals surface area (Å²) in [5.74, 6) is 1.20. The quantitative estimate of drug-likeness (QED) is 0.575. The third-order valence-electron chi connectivity index (χ3n) is 5.66. The van der Waals surface area contributed by atoms with Crippen LogP contribution in [0, 0.1) is 0 Å². The van der Waals surface area contributed by atoms with Crippen molar-refractivity contribution < 1.29 is 9.53 Å². The zero-order chi connectivity index (χ0) is 21.8. The molecule has 31 heavy (non-hydrogen) atoms. The van der Waals surface area contributed by atoms with Gasteiger partial charge in [0.1, 0.15) is 0 Å². The molecule has 4 rings (SSSR count). The van der Waals surface area contributed by atoms with Crippen LogP contribution in [0.2, 0.25) is 0 Å². The number of fused-ring (bicyclic) bond motifs is 1. The second-order valence-electron chi connectivity index (χ2n) is 7.59. The highest BCUT2D eigenvalue weighted by Crippen LogP contribution is 2.16. The first-order valence-corrected chi connectivity index (χ1v) is 10.7. The zero-order valence-corrected chi connectivity index (χ0v) is 18.0. The molecule has 164 valence electrons. The minimum Gasteiger partial charge on any atom is -0.481 e. The first-order chi connectivity index (χ1) is 15.1. The number of anilines is 1. The van der Waals surface area contributed by atoms with E-state index in [1.165, 1.54) is 0 Å². The van der Waals surface area contributed by atoms with Crippen molar-refractivity contribution in [1.29, 1.82) is 0 Å². The number of ether oxygens (including phenoxy) is 1.